The van der Waals surface area contributed by atoms with Crippen molar-refractivity contribution in [3.8, 4) is 21.9 Å². The van der Waals surface area contributed by atoms with Gasteiger partial charge in [0.15, 0.2) is 0 Å². The molecular weight excluding hydrogens is 400 g/mol. The first-order chi connectivity index (χ1) is 15.2. The van der Waals surface area contributed by atoms with Crippen molar-refractivity contribution in [3.05, 3.63) is 53.4 Å². The van der Waals surface area contributed by atoms with Crippen molar-refractivity contribution in [2.45, 2.75) is 79.1 Å². The van der Waals surface area contributed by atoms with Gasteiger partial charge in [-0.3, -0.25) is 0 Å². The topological polar surface area (TPSA) is 18.5 Å². The third-order valence-corrected chi connectivity index (χ3v) is 6.25. The highest BCUT2D eigenvalue weighted by atomic mass is 32.1. The first-order valence-corrected chi connectivity index (χ1v) is 12.9. The Morgan fingerprint density at radius 3 is 2.16 bits per heavy atom. The lowest BCUT2D eigenvalue weighted by molar-refractivity contribution is 0.297. The lowest BCUT2D eigenvalue weighted by Crippen LogP contribution is -2.03. The minimum Gasteiger partial charge on any atom is -0.493 e. The molecule has 3 heteroatoms. The molecule has 2 aromatic rings. The molecule has 1 heterocycles. The summed E-state index contributed by atoms with van der Waals surface area (Å²) in [7, 11) is 0. The largest absolute Gasteiger partial charge is 0.493 e. The summed E-state index contributed by atoms with van der Waals surface area (Å²) < 4.78 is 12.6. The summed E-state index contributed by atoms with van der Waals surface area (Å²) in [6.07, 6.45) is 15.9. The van der Waals surface area contributed by atoms with Crippen molar-refractivity contribution in [3.63, 3.8) is 0 Å². The van der Waals surface area contributed by atoms with E-state index in [4.69, 9.17) is 9.47 Å². The Balaban J connectivity index is 2.33. The molecule has 0 bridgehead atoms. The van der Waals surface area contributed by atoms with E-state index in [0.29, 0.717) is 0 Å². The van der Waals surface area contributed by atoms with Gasteiger partial charge >= 0.3 is 0 Å². The Bertz CT molecular complexity index is 803. The second-order valence-corrected chi connectivity index (χ2v) is 8.96. The minimum absolute atomic E-state index is 0.755. The Morgan fingerprint density at radius 1 is 0.903 bits per heavy atom. The number of hydrogen-bond acceptors (Lipinski definition) is 3. The molecule has 31 heavy (non-hydrogen) atoms. The van der Waals surface area contributed by atoms with E-state index < -0.39 is 0 Å². The Kier molecular flexibility index (Phi) is 12.2. The summed E-state index contributed by atoms with van der Waals surface area (Å²) in [5, 5.41) is 2.12. The van der Waals surface area contributed by atoms with Crippen LogP contribution < -0.4 is 9.47 Å². The van der Waals surface area contributed by atoms with Crippen molar-refractivity contribution in [1.82, 2.24) is 0 Å². The van der Waals surface area contributed by atoms with Crippen LogP contribution in [0.1, 0.15) is 84.6 Å². The SMILES string of the molecule is C/C=C\C=C(/C)c1cc(OCCCCCC)c(-c2cccs2)cc1OCCCCCC. The first kappa shape index (κ1) is 25.3. The standard InChI is InChI=1S/C28H40O2S/c1-5-8-11-13-18-29-26-22-25(28-17-15-20-31-28)27(30-19-14-12-9-6-2)21-24(26)23(4)16-10-7-3/h7,10,15-17,20-22H,5-6,8-9,11-14,18-19H2,1-4H3/b10-7-,23-16+. The highest BCUT2D eigenvalue weighted by Crippen LogP contribution is 2.41. The van der Waals surface area contributed by atoms with Crippen molar-refractivity contribution in [1.29, 1.82) is 0 Å². The van der Waals surface area contributed by atoms with Crippen LogP contribution in [0.25, 0.3) is 16.0 Å². The molecule has 0 spiro atoms. The smallest absolute Gasteiger partial charge is 0.128 e. The van der Waals surface area contributed by atoms with Crippen molar-refractivity contribution >= 4 is 16.9 Å². The molecule has 0 unspecified atom stereocenters. The molecule has 1 aromatic heterocycles. The Morgan fingerprint density at radius 2 is 1.58 bits per heavy atom. The number of ether oxygens (including phenoxy) is 2. The van der Waals surface area contributed by atoms with Crippen LogP contribution >= 0.6 is 11.3 Å². The lowest BCUT2D eigenvalue weighted by Gasteiger charge is -2.18. The summed E-state index contributed by atoms with van der Waals surface area (Å²) >= 11 is 1.75. The van der Waals surface area contributed by atoms with Crippen molar-refractivity contribution in [2.24, 2.45) is 0 Å². The Labute approximate surface area is 194 Å². The maximum atomic E-state index is 6.32. The monoisotopic (exact) mass is 440 g/mol. The normalized spacial score (nSPS) is 11.9. The van der Waals surface area contributed by atoms with Crippen LogP contribution in [0.5, 0.6) is 11.5 Å². The molecular formula is C28H40O2S. The van der Waals surface area contributed by atoms with Crippen LogP contribution in [0.3, 0.4) is 0 Å². The molecule has 0 fully saturated rings. The predicted molar refractivity (Wildman–Crippen MR) is 137 cm³/mol. The molecule has 170 valence electrons. The average molecular weight is 441 g/mol. The highest BCUT2D eigenvalue weighted by molar-refractivity contribution is 7.13. The fourth-order valence-electron chi connectivity index (χ4n) is 3.48. The number of hydrogen-bond donors (Lipinski definition) is 0. The number of rotatable bonds is 15. The third kappa shape index (κ3) is 8.57. The van der Waals surface area contributed by atoms with Crippen molar-refractivity contribution in [2.75, 3.05) is 13.2 Å². The number of unbranched alkanes of at least 4 members (excludes halogenated alkanes) is 6. The molecule has 2 rings (SSSR count). The van der Waals surface area contributed by atoms with Gasteiger partial charge in [0.05, 0.1) is 13.2 Å². The van der Waals surface area contributed by atoms with E-state index in [1.807, 2.05) is 6.92 Å². The van der Waals surface area contributed by atoms with Gasteiger partial charge in [0.2, 0.25) is 0 Å². The van der Waals surface area contributed by atoms with E-state index in [0.717, 1.165) is 48.7 Å². The van der Waals surface area contributed by atoms with Crippen LogP contribution in [0.2, 0.25) is 0 Å². The molecule has 0 saturated heterocycles. The molecule has 0 aliphatic rings. The third-order valence-electron chi connectivity index (χ3n) is 5.34. The Hall–Kier alpha value is -2.00. The molecule has 0 aliphatic heterocycles. The fourth-order valence-corrected chi connectivity index (χ4v) is 4.23. The van der Waals surface area contributed by atoms with Crippen LogP contribution in [0.4, 0.5) is 0 Å². The van der Waals surface area contributed by atoms with Gasteiger partial charge in [0, 0.05) is 16.0 Å². The molecule has 0 saturated carbocycles. The van der Waals surface area contributed by atoms with E-state index in [9.17, 15) is 0 Å². The fraction of sp³-hybridized carbons (Fsp3) is 0.500. The van der Waals surface area contributed by atoms with Gasteiger partial charge in [-0.2, -0.15) is 0 Å². The quantitative estimate of drug-likeness (QED) is 0.203. The van der Waals surface area contributed by atoms with Crippen molar-refractivity contribution < 1.29 is 9.47 Å². The van der Waals surface area contributed by atoms with Gasteiger partial charge < -0.3 is 9.47 Å². The van der Waals surface area contributed by atoms with E-state index in [-0.39, 0.29) is 0 Å². The lowest BCUT2D eigenvalue weighted by atomic mass is 10.0. The summed E-state index contributed by atoms with van der Waals surface area (Å²) in [6.45, 7) is 10.2. The van der Waals surface area contributed by atoms with Gasteiger partial charge in [-0.25, -0.2) is 0 Å². The highest BCUT2D eigenvalue weighted by Gasteiger charge is 2.16. The number of allylic oxidation sites excluding steroid dienone is 4. The van der Waals surface area contributed by atoms with Gasteiger partial charge in [-0.05, 0) is 55.8 Å². The molecule has 0 N–H and O–H groups in total. The zero-order valence-corrected chi connectivity index (χ0v) is 20.7. The van der Waals surface area contributed by atoms with E-state index in [1.54, 1.807) is 11.3 Å². The van der Waals surface area contributed by atoms with Gasteiger partial charge in [0.25, 0.3) is 0 Å². The second kappa shape index (κ2) is 14.9. The van der Waals surface area contributed by atoms with Crippen LogP contribution in [-0.2, 0) is 0 Å². The first-order valence-electron chi connectivity index (χ1n) is 12.0. The van der Waals surface area contributed by atoms with E-state index >= 15 is 0 Å². The number of thiophene rings is 1. The zero-order valence-electron chi connectivity index (χ0n) is 19.9. The molecule has 0 aliphatic carbocycles. The summed E-state index contributed by atoms with van der Waals surface area (Å²) in [6, 6.07) is 8.64. The van der Waals surface area contributed by atoms with Crippen LogP contribution in [0.15, 0.2) is 47.9 Å². The van der Waals surface area contributed by atoms with Gasteiger partial charge in [0.1, 0.15) is 11.5 Å². The van der Waals surface area contributed by atoms with E-state index in [2.05, 4.69) is 68.6 Å². The molecule has 0 atom stereocenters. The second-order valence-electron chi connectivity index (χ2n) is 8.02. The molecule has 0 amide bonds. The molecule has 2 nitrogen and oxygen atoms in total. The minimum atomic E-state index is 0.755. The summed E-state index contributed by atoms with van der Waals surface area (Å²) in [5.74, 6) is 1.91. The predicted octanol–water partition coefficient (Wildman–Crippen LogP) is 9.31. The summed E-state index contributed by atoms with van der Waals surface area (Å²) in [4.78, 5) is 1.22. The number of benzene rings is 1. The maximum Gasteiger partial charge on any atom is 0.128 e. The zero-order chi connectivity index (χ0) is 22.3. The van der Waals surface area contributed by atoms with Crippen LogP contribution in [0, 0.1) is 0 Å². The van der Waals surface area contributed by atoms with Gasteiger partial charge in [-0.15, -0.1) is 11.3 Å². The maximum absolute atomic E-state index is 6.32. The van der Waals surface area contributed by atoms with Crippen LogP contribution in [-0.4, -0.2) is 13.2 Å². The van der Waals surface area contributed by atoms with Gasteiger partial charge in [-0.1, -0.05) is 76.7 Å². The molecule has 0 radical (unpaired) electrons. The average Bonchev–Trinajstić information content (AvgIpc) is 3.32. The summed E-state index contributed by atoms with van der Waals surface area (Å²) in [5.41, 5.74) is 3.45. The van der Waals surface area contributed by atoms with E-state index in [1.165, 1.54) is 49.0 Å². The molecule has 1 aromatic carbocycles.